The van der Waals surface area contributed by atoms with E-state index in [0.29, 0.717) is 5.69 Å². The third-order valence-electron chi connectivity index (χ3n) is 1.78. The Balaban J connectivity index is 2.52. The maximum atomic E-state index is 11.9. The van der Waals surface area contributed by atoms with Gasteiger partial charge in [-0.25, -0.2) is 4.98 Å². The van der Waals surface area contributed by atoms with E-state index in [-0.39, 0.29) is 5.65 Å². The number of alkyl halides is 3. The second kappa shape index (κ2) is 3.26. The molecule has 0 aliphatic rings. The van der Waals surface area contributed by atoms with Crippen molar-refractivity contribution in [2.24, 2.45) is 0 Å². The smallest absolute Gasteiger partial charge is 0.388 e. The van der Waals surface area contributed by atoms with E-state index in [2.05, 4.69) is 14.8 Å². The maximum absolute atomic E-state index is 11.9. The van der Waals surface area contributed by atoms with Crippen LogP contribution in [0.4, 0.5) is 13.2 Å². The molecule has 5 nitrogen and oxygen atoms in total. The molecule has 0 aliphatic heterocycles. The van der Waals surface area contributed by atoms with Crippen LogP contribution in [-0.4, -0.2) is 21.0 Å². The highest BCUT2D eigenvalue weighted by molar-refractivity contribution is 5.41. The molecule has 0 saturated heterocycles. The van der Waals surface area contributed by atoms with Gasteiger partial charge in [0.15, 0.2) is 5.65 Å². The number of hydrogen-bond acceptors (Lipinski definition) is 3. The van der Waals surface area contributed by atoms with Gasteiger partial charge in [-0.05, 0) is 6.92 Å². The van der Waals surface area contributed by atoms with Crippen molar-refractivity contribution < 1.29 is 17.9 Å². The van der Waals surface area contributed by atoms with Gasteiger partial charge in [0.25, 0.3) is 5.56 Å². The molecule has 16 heavy (non-hydrogen) atoms. The number of hydrogen-bond donors (Lipinski definition) is 1. The van der Waals surface area contributed by atoms with E-state index in [9.17, 15) is 18.0 Å². The second-order valence-corrected chi connectivity index (χ2v) is 3.10. The molecule has 0 aromatic carbocycles. The molecule has 0 unspecified atom stereocenters. The van der Waals surface area contributed by atoms with E-state index in [4.69, 9.17) is 0 Å². The van der Waals surface area contributed by atoms with Crippen LogP contribution in [0.2, 0.25) is 0 Å². The molecule has 86 valence electrons. The molecule has 8 heteroatoms. The largest absolute Gasteiger partial charge is 0.574 e. The van der Waals surface area contributed by atoms with Gasteiger partial charge in [0.1, 0.15) is 0 Å². The zero-order valence-electron chi connectivity index (χ0n) is 8.00. The van der Waals surface area contributed by atoms with Crippen LogP contribution >= 0.6 is 0 Å². The fraction of sp³-hybridized carbons (Fsp3) is 0.250. The number of aryl methyl sites for hydroxylation is 1. The summed E-state index contributed by atoms with van der Waals surface area (Å²) < 4.78 is 40.2. The highest BCUT2D eigenvalue weighted by atomic mass is 19.4. The summed E-state index contributed by atoms with van der Waals surface area (Å²) in [4.78, 5) is 15.2. The average molecular weight is 233 g/mol. The fourth-order valence-corrected chi connectivity index (χ4v) is 1.26. The lowest BCUT2D eigenvalue weighted by atomic mass is 10.4. The molecule has 2 aromatic heterocycles. The fourth-order valence-electron chi connectivity index (χ4n) is 1.26. The lowest BCUT2D eigenvalue weighted by Crippen LogP contribution is -2.18. The topological polar surface area (TPSA) is 59.4 Å². The molecule has 0 atom stereocenters. The summed E-state index contributed by atoms with van der Waals surface area (Å²) in [7, 11) is 0. The molecule has 0 radical (unpaired) electrons. The van der Waals surface area contributed by atoms with Gasteiger partial charge >= 0.3 is 6.36 Å². The monoisotopic (exact) mass is 233 g/mol. The van der Waals surface area contributed by atoms with Gasteiger partial charge in [0.2, 0.25) is 5.88 Å². The van der Waals surface area contributed by atoms with Crippen LogP contribution in [0.1, 0.15) is 5.69 Å². The summed E-state index contributed by atoms with van der Waals surface area (Å²) in [6, 6.07) is 2.20. The standard InChI is InChI=1S/C8H6F3N3O2/c1-4-2-7(15)14-5(12-4)3-6(13-14)16-8(9,10)11/h2-3,13H,1H3. The van der Waals surface area contributed by atoms with E-state index < -0.39 is 17.8 Å². The van der Waals surface area contributed by atoms with E-state index in [1.54, 1.807) is 6.92 Å². The van der Waals surface area contributed by atoms with Gasteiger partial charge in [-0.3, -0.25) is 9.89 Å². The number of nitrogens with zero attached hydrogens (tertiary/aromatic N) is 2. The first-order valence-corrected chi connectivity index (χ1v) is 4.20. The number of aromatic amines is 1. The molecule has 2 heterocycles. The SMILES string of the molecule is Cc1cc(=O)n2[nH]c(OC(F)(F)F)cc2n1. The lowest BCUT2D eigenvalue weighted by Gasteiger charge is -2.04. The number of nitrogens with one attached hydrogen (secondary N) is 1. The lowest BCUT2D eigenvalue weighted by molar-refractivity contribution is -0.276. The van der Waals surface area contributed by atoms with Crippen LogP contribution in [0.15, 0.2) is 16.9 Å². The Labute approximate surface area is 86.5 Å². The van der Waals surface area contributed by atoms with Gasteiger partial charge in [-0.1, -0.05) is 0 Å². The van der Waals surface area contributed by atoms with Gasteiger partial charge < -0.3 is 4.74 Å². The Morgan fingerprint density at radius 1 is 1.44 bits per heavy atom. The summed E-state index contributed by atoms with van der Waals surface area (Å²) in [6.07, 6.45) is -4.81. The molecule has 2 aromatic rings. The Morgan fingerprint density at radius 2 is 2.12 bits per heavy atom. The minimum absolute atomic E-state index is 0.0734. The zero-order chi connectivity index (χ0) is 11.9. The Morgan fingerprint density at radius 3 is 2.75 bits per heavy atom. The summed E-state index contributed by atoms with van der Waals surface area (Å²) in [5, 5.41) is 2.15. The van der Waals surface area contributed by atoms with Crippen LogP contribution in [0.5, 0.6) is 5.88 Å². The molecule has 0 saturated carbocycles. The van der Waals surface area contributed by atoms with Crippen molar-refractivity contribution in [1.29, 1.82) is 0 Å². The maximum Gasteiger partial charge on any atom is 0.574 e. The molecule has 0 spiro atoms. The van der Waals surface area contributed by atoms with E-state index >= 15 is 0 Å². The molecular formula is C8H6F3N3O2. The predicted octanol–water partition coefficient (Wildman–Crippen LogP) is 1.23. The highest BCUT2D eigenvalue weighted by Gasteiger charge is 2.32. The van der Waals surface area contributed by atoms with Crippen molar-refractivity contribution in [3.05, 3.63) is 28.2 Å². The number of fused-ring (bicyclic) bond motifs is 1. The van der Waals surface area contributed by atoms with Gasteiger partial charge in [0.05, 0.1) is 0 Å². The number of aromatic nitrogens is 3. The highest BCUT2D eigenvalue weighted by Crippen LogP contribution is 2.21. The Hall–Kier alpha value is -1.99. The van der Waals surface area contributed by atoms with Crippen LogP contribution < -0.4 is 10.3 Å². The first kappa shape index (κ1) is 10.5. The van der Waals surface area contributed by atoms with Crippen molar-refractivity contribution >= 4 is 5.65 Å². The van der Waals surface area contributed by atoms with Crippen molar-refractivity contribution in [1.82, 2.24) is 14.6 Å². The molecule has 2 rings (SSSR count). The normalized spacial score (nSPS) is 12.0. The van der Waals surface area contributed by atoms with Crippen LogP contribution in [0.25, 0.3) is 5.65 Å². The van der Waals surface area contributed by atoms with Crippen molar-refractivity contribution in [3.63, 3.8) is 0 Å². The molecule has 1 N–H and O–H groups in total. The molecule has 0 amide bonds. The summed E-state index contributed by atoms with van der Waals surface area (Å²) in [5.74, 6) is -0.581. The first-order chi connectivity index (χ1) is 7.35. The number of ether oxygens (including phenoxy) is 1. The van der Waals surface area contributed by atoms with Gasteiger partial charge in [-0.15, -0.1) is 13.2 Å². The summed E-state index contributed by atoms with van der Waals surface area (Å²) >= 11 is 0. The Kier molecular flexibility index (Phi) is 2.14. The minimum Gasteiger partial charge on any atom is -0.388 e. The predicted molar refractivity (Wildman–Crippen MR) is 47.2 cm³/mol. The van der Waals surface area contributed by atoms with E-state index in [1.807, 2.05) is 0 Å². The zero-order valence-corrected chi connectivity index (χ0v) is 8.00. The summed E-state index contributed by atoms with van der Waals surface area (Å²) in [6.45, 7) is 1.57. The van der Waals surface area contributed by atoms with Gasteiger partial charge in [-0.2, -0.15) is 4.52 Å². The van der Waals surface area contributed by atoms with Gasteiger partial charge in [0, 0.05) is 17.8 Å². The van der Waals surface area contributed by atoms with Crippen LogP contribution in [-0.2, 0) is 0 Å². The van der Waals surface area contributed by atoms with Crippen molar-refractivity contribution in [3.8, 4) is 5.88 Å². The second-order valence-electron chi connectivity index (χ2n) is 3.10. The number of halogens is 3. The molecule has 0 fully saturated rings. The number of H-pyrrole nitrogens is 1. The average Bonchev–Trinajstić information content (AvgIpc) is 2.43. The third-order valence-corrected chi connectivity index (χ3v) is 1.78. The Bertz CT molecular complexity index is 584. The quantitative estimate of drug-likeness (QED) is 0.805. The first-order valence-electron chi connectivity index (χ1n) is 4.20. The van der Waals surface area contributed by atoms with E-state index in [0.717, 1.165) is 10.6 Å². The van der Waals surface area contributed by atoms with Crippen LogP contribution in [0, 0.1) is 6.92 Å². The van der Waals surface area contributed by atoms with Crippen molar-refractivity contribution in [2.75, 3.05) is 0 Å². The van der Waals surface area contributed by atoms with E-state index in [1.165, 1.54) is 6.07 Å². The molecular weight excluding hydrogens is 227 g/mol. The third kappa shape index (κ3) is 2.00. The van der Waals surface area contributed by atoms with Crippen LogP contribution in [0.3, 0.4) is 0 Å². The number of rotatable bonds is 1. The minimum atomic E-state index is -4.81. The molecule has 0 bridgehead atoms. The summed E-state index contributed by atoms with van der Waals surface area (Å²) in [5.41, 5.74) is -0.00802. The molecule has 0 aliphatic carbocycles. The van der Waals surface area contributed by atoms with Crippen molar-refractivity contribution in [2.45, 2.75) is 13.3 Å².